The number of rotatable bonds is 9. The van der Waals surface area contributed by atoms with E-state index in [2.05, 4.69) is 49.9 Å². The molecule has 0 radical (unpaired) electrons. The second-order valence-electron chi connectivity index (χ2n) is 5.52. The summed E-state index contributed by atoms with van der Waals surface area (Å²) >= 11 is 0. The van der Waals surface area contributed by atoms with E-state index in [4.69, 9.17) is 10.7 Å². The molecule has 1 aromatic heterocycles. The molecule has 4 nitrogen and oxygen atoms in total. The van der Waals surface area contributed by atoms with Crippen LogP contribution < -0.4 is 10.6 Å². The molecule has 1 heterocycles. The van der Waals surface area contributed by atoms with Gasteiger partial charge < -0.3 is 15.5 Å². The molecular formula is C16H30N4. The van der Waals surface area contributed by atoms with Gasteiger partial charge in [0.05, 0.1) is 0 Å². The van der Waals surface area contributed by atoms with Gasteiger partial charge in [0.25, 0.3) is 0 Å². The molecular weight excluding hydrogens is 248 g/mol. The zero-order valence-corrected chi connectivity index (χ0v) is 13.5. The molecule has 0 aliphatic rings. The average Bonchev–Trinajstić information content (AvgIpc) is 2.43. The van der Waals surface area contributed by atoms with Crippen molar-refractivity contribution in [3.8, 4) is 0 Å². The van der Waals surface area contributed by atoms with Gasteiger partial charge in [0, 0.05) is 25.3 Å². The second kappa shape index (κ2) is 8.93. The molecule has 0 fully saturated rings. The van der Waals surface area contributed by atoms with E-state index in [1.54, 1.807) is 0 Å². The van der Waals surface area contributed by atoms with Gasteiger partial charge in [-0.05, 0) is 58.1 Å². The molecule has 0 atom stereocenters. The molecule has 1 aromatic rings. The third-order valence-electron chi connectivity index (χ3n) is 3.41. The maximum atomic E-state index is 5.81. The molecule has 0 saturated carbocycles. The van der Waals surface area contributed by atoms with Crippen molar-refractivity contribution in [3.05, 3.63) is 23.4 Å². The average molecular weight is 278 g/mol. The molecule has 0 aliphatic carbocycles. The monoisotopic (exact) mass is 278 g/mol. The smallest absolute Gasteiger partial charge is 0.129 e. The minimum absolute atomic E-state index is 0.585. The largest absolute Gasteiger partial charge is 0.357 e. The summed E-state index contributed by atoms with van der Waals surface area (Å²) in [7, 11) is 4.23. The zero-order valence-electron chi connectivity index (χ0n) is 13.5. The number of nitrogens with zero attached hydrogens (tertiary/aromatic N) is 3. The van der Waals surface area contributed by atoms with E-state index in [-0.39, 0.29) is 0 Å². The predicted octanol–water partition coefficient (Wildman–Crippen LogP) is 2.27. The molecule has 1 rings (SSSR count). The summed E-state index contributed by atoms with van der Waals surface area (Å²) in [5, 5.41) is 0. The van der Waals surface area contributed by atoms with Crippen molar-refractivity contribution in [1.29, 1.82) is 0 Å². The fraction of sp³-hybridized carbons (Fsp3) is 0.688. The third-order valence-corrected chi connectivity index (χ3v) is 3.41. The molecule has 0 aliphatic heterocycles. The molecule has 0 aromatic carbocycles. The van der Waals surface area contributed by atoms with Gasteiger partial charge in [-0.3, -0.25) is 0 Å². The van der Waals surface area contributed by atoms with Crippen molar-refractivity contribution in [3.63, 3.8) is 0 Å². The first-order chi connectivity index (χ1) is 9.60. The van der Waals surface area contributed by atoms with Crippen molar-refractivity contribution in [2.75, 3.05) is 38.6 Å². The number of aromatic nitrogens is 1. The number of nitrogens with two attached hydrogens (primary N) is 1. The molecule has 0 saturated heterocycles. The van der Waals surface area contributed by atoms with Gasteiger partial charge >= 0.3 is 0 Å². The molecule has 20 heavy (non-hydrogen) atoms. The summed E-state index contributed by atoms with van der Waals surface area (Å²) in [5.41, 5.74) is 8.16. The van der Waals surface area contributed by atoms with Crippen molar-refractivity contribution in [2.24, 2.45) is 5.73 Å². The Bertz CT molecular complexity index is 390. The van der Waals surface area contributed by atoms with Gasteiger partial charge in [-0.2, -0.15) is 0 Å². The Morgan fingerprint density at radius 3 is 2.45 bits per heavy atom. The molecule has 0 amide bonds. The normalized spacial score (nSPS) is 11.1. The number of pyridine rings is 1. The van der Waals surface area contributed by atoms with Gasteiger partial charge in [0.15, 0.2) is 0 Å². The van der Waals surface area contributed by atoms with Gasteiger partial charge in [0.1, 0.15) is 5.82 Å². The fourth-order valence-corrected chi connectivity index (χ4v) is 2.31. The topological polar surface area (TPSA) is 45.4 Å². The lowest BCUT2D eigenvalue weighted by molar-refractivity contribution is 0.400. The minimum Gasteiger partial charge on any atom is -0.357 e. The highest BCUT2D eigenvalue weighted by atomic mass is 15.2. The third kappa shape index (κ3) is 5.47. The van der Waals surface area contributed by atoms with Crippen LogP contribution in [0.3, 0.4) is 0 Å². The molecule has 0 bridgehead atoms. The first kappa shape index (κ1) is 16.9. The Morgan fingerprint density at radius 2 is 1.90 bits per heavy atom. The van der Waals surface area contributed by atoms with Crippen LogP contribution in [0.4, 0.5) is 5.82 Å². The lowest BCUT2D eigenvalue weighted by atomic mass is 10.1. The van der Waals surface area contributed by atoms with Crippen molar-refractivity contribution < 1.29 is 0 Å². The van der Waals surface area contributed by atoms with E-state index >= 15 is 0 Å². The van der Waals surface area contributed by atoms with E-state index in [1.807, 2.05) is 0 Å². The van der Waals surface area contributed by atoms with E-state index in [0.717, 1.165) is 50.4 Å². The Kier molecular flexibility index (Phi) is 7.55. The number of hydrogen-bond acceptors (Lipinski definition) is 4. The van der Waals surface area contributed by atoms with Crippen LogP contribution in [0.1, 0.15) is 37.9 Å². The van der Waals surface area contributed by atoms with Crippen molar-refractivity contribution >= 4 is 5.82 Å². The summed E-state index contributed by atoms with van der Waals surface area (Å²) in [6, 6.07) is 4.28. The van der Waals surface area contributed by atoms with Gasteiger partial charge in [-0.1, -0.05) is 13.3 Å². The Labute approximate surface area is 124 Å². The predicted molar refractivity (Wildman–Crippen MR) is 87.2 cm³/mol. The number of anilines is 1. The molecule has 114 valence electrons. The van der Waals surface area contributed by atoms with Gasteiger partial charge in [-0.25, -0.2) is 4.98 Å². The van der Waals surface area contributed by atoms with E-state index in [1.165, 1.54) is 5.56 Å². The summed E-state index contributed by atoms with van der Waals surface area (Å²) in [6.45, 7) is 8.09. The second-order valence-corrected chi connectivity index (χ2v) is 5.52. The maximum Gasteiger partial charge on any atom is 0.129 e. The highest BCUT2D eigenvalue weighted by Crippen LogP contribution is 2.16. The lowest BCUT2D eigenvalue weighted by Crippen LogP contribution is -2.28. The Hall–Kier alpha value is -1.13. The first-order valence-corrected chi connectivity index (χ1v) is 7.70. The quantitative estimate of drug-likeness (QED) is 0.752. The summed E-state index contributed by atoms with van der Waals surface area (Å²) in [4.78, 5) is 9.37. The molecule has 2 N–H and O–H groups in total. The van der Waals surface area contributed by atoms with Crippen LogP contribution in [0.5, 0.6) is 0 Å². The van der Waals surface area contributed by atoms with Crippen LogP contribution in [-0.4, -0.2) is 43.6 Å². The zero-order chi connectivity index (χ0) is 15.0. The maximum absolute atomic E-state index is 5.81. The van der Waals surface area contributed by atoms with Gasteiger partial charge in [0.2, 0.25) is 0 Å². The van der Waals surface area contributed by atoms with E-state index in [0.29, 0.717) is 6.54 Å². The highest BCUT2D eigenvalue weighted by molar-refractivity contribution is 5.42. The van der Waals surface area contributed by atoms with Crippen LogP contribution in [-0.2, 0) is 13.0 Å². The fourth-order valence-electron chi connectivity index (χ4n) is 2.31. The van der Waals surface area contributed by atoms with Crippen LogP contribution in [0.25, 0.3) is 0 Å². The van der Waals surface area contributed by atoms with E-state index in [9.17, 15) is 0 Å². The van der Waals surface area contributed by atoms with Crippen molar-refractivity contribution in [2.45, 2.75) is 39.7 Å². The molecule has 0 unspecified atom stereocenters. The summed E-state index contributed by atoms with van der Waals surface area (Å²) in [5.74, 6) is 1.08. The van der Waals surface area contributed by atoms with Crippen molar-refractivity contribution in [1.82, 2.24) is 9.88 Å². The SMILES string of the molecule is CCCc1cc(CN)cc(N(CC)CCCN(C)C)n1. The first-order valence-electron chi connectivity index (χ1n) is 7.70. The molecule has 0 spiro atoms. The molecule has 4 heteroatoms. The van der Waals surface area contributed by atoms with Crippen LogP contribution in [0.15, 0.2) is 12.1 Å². The Balaban J connectivity index is 2.81. The highest BCUT2D eigenvalue weighted by Gasteiger charge is 2.09. The summed E-state index contributed by atoms with van der Waals surface area (Å²) in [6.07, 6.45) is 3.29. The van der Waals surface area contributed by atoms with Crippen LogP contribution in [0, 0.1) is 0 Å². The van der Waals surface area contributed by atoms with Crippen LogP contribution in [0.2, 0.25) is 0 Å². The summed E-state index contributed by atoms with van der Waals surface area (Å²) < 4.78 is 0. The minimum atomic E-state index is 0.585. The van der Waals surface area contributed by atoms with Crippen LogP contribution >= 0.6 is 0 Å². The van der Waals surface area contributed by atoms with E-state index < -0.39 is 0 Å². The van der Waals surface area contributed by atoms with Gasteiger partial charge in [-0.15, -0.1) is 0 Å². The number of aryl methyl sites for hydroxylation is 1. The Morgan fingerprint density at radius 1 is 1.15 bits per heavy atom. The number of hydrogen-bond donors (Lipinski definition) is 1. The standard InChI is InChI=1S/C16H30N4/c1-5-8-15-11-14(13-17)12-16(18-15)20(6-2)10-7-9-19(3)4/h11-12H,5-10,13,17H2,1-4H3. The lowest BCUT2D eigenvalue weighted by Gasteiger charge is -2.24.